The van der Waals surface area contributed by atoms with Gasteiger partial charge in [-0.3, -0.25) is 4.79 Å². The van der Waals surface area contributed by atoms with Crippen LogP contribution in [-0.4, -0.2) is 10.8 Å². The first-order valence-corrected chi connectivity index (χ1v) is 6.49. The van der Waals surface area contributed by atoms with E-state index < -0.39 is 0 Å². The van der Waals surface area contributed by atoms with Crippen molar-refractivity contribution in [2.24, 2.45) is 0 Å². The molecule has 98 valence electrons. The number of hydrogen-bond acceptors (Lipinski definition) is 3. The van der Waals surface area contributed by atoms with Gasteiger partial charge < -0.3 is 5.32 Å². The molecule has 1 N–H and O–H groups in total. The van der Waals surface area contributed by atoms with Crippen molar-refractivity contribution in [3.8, 4) is 0 Å². The van der Waals surface area contributed by atoms with Crippen molar-refractivity contribution in [1.82, 2.24) is 4.98 Å². The average Bonchev–Trinajstić information content (AvgIpc) is 2.45. The Labute approximate surface area is 113 Å². The van der Waals surface area contributed by atoms with Gasteiger partial charge >= 0.3 is 0 Å². The second-order valence-corrected chi connectivity index (χ2v) is 4.45. The lowest BCUT2D eigenvalue weighted by molar-refractivity contribution is 0.0987. The third-order valence-electron chi connectivity index (χ3n) is 3.02. The van der Waals surface area contributed by atoms with Crippen LogP contribution in [0.25, 0.3) is 0 Å². The summed E-state index contributed by atoms with van der Waals surface area (Å²) in [4.78, 5) is 16.1. The van der Waals surface area contributed by atoms with E-state index in [0.29, 0.717) is 12.0 Å². The number of nitrogens with zero attached hydrogens (tertiary/aromatic N) is 1. The predicted octanol–water partition coefficient (Wildman–Crippen LogP) is 3.59. The first-order valence-electron chi connectivity index (χ1n) is 6.49. The van der Waals surface area contributed by atoms with E-state index in [4.69, 9.17) is 0 Å². The zero-order valence-corrected chi connectivity index (χ0v) is 11.3. The number of carbonyl (C=O) groups excluding carboxylic acids is 1. The average molecular weight is 254 g/mol. The van der Waals surface area contributed by atoms with Crippen LogP contribution in [-0.2, 0) is 6.54 Å². The van der Waals surface area contributed by atoms with Gasteiger partial charge in [-0.25, -0.2) is 4.98 Å². The molecule has 19 heavy (non-hydrogen) atoms. The van der Waals surface area contributed by atoms with Gasteiger partial charge in [0.25, 0.3) is 0 Å². The maximum Gasteiger partial charge on any atom is 0.164 e. The molecule has 0 atom stereocenters. The summed E-state index contributed by atoms with van der Waals surface area (Å²) in [5.74, 6) is 0.939. The number of anilines is 1. The van der Waals surface area contributed by atoms with Gasteiger partial charge in [0.2, 0.25) is 0 Å². The smallest absolute Gasteiger partial charge is 0.164 e. The van der Waals surface area contributed by atoms with Crippen LogP contribution >= 0.6 is 0 Å². The molecule has 3 heteroatoms. The molecule has 2 rings (SSSR count). The van der Waals surface area contributed by atoms with Crippen molar-refractivity contribution in [1.29, 1.82) is 0 Å². The molecule has 0 amide bonds. The number of nitrogens with one attached hydrogen (secondary N) is 1. The molecule has 0 saturated carbocycles. The molecular weight excluding hydrogens is 236 g/mol. The van der Waals surface area contributed by atoms with Gasteiger partial charge in [0, 0.05) is 18.5 Å². The summed E-state index contributed by atoms with van der Waals surface area (Å²) in [5, 5.41) is 3.26. The molecule has 0 saturated heterocycles. The first-order chi connectivity index (χ1) is 9.20. The molecule has 0 aliphatic rings. The van der Waals surface area contributed by atoms with Gasteiger partial charge in [0.05, 0.1) is 5.69 Å². The minimum absolute atomic E-state index is 0.139. The Morgan fingerprint density at radius 1 is 1.16 bits per heavy atom. The number of aromatic nitrogens is 1. The maximum atomic E-state index is 11.7. The Morgan fingerprint density at radius 3 is 2.53 bits per heavy atom. The van der Waals surface area contributed by atoms with E-state index in [1.54, 1.807) is 0 Å². The fourth-order valence-corrected chi connectivity index (χ4v) is 1.93. The quantitative estimate of drug-likeness (QED) is 0.829. The molecule has 2 aromatic rings. The molecule has 1 aromatic carbocycles. The van der Waals surface area contributed by atoms with E-state index in [-0.39, 0.29) is 5.78 Å². The molecular formula is C16H18N2O. The summed E-state index contributed by atoms with van der Waals surface area (Å²) in [6, 6.07) is 13.9. The molecule has 0 aliphatic carbocycles. The van der Waals surface area contributed by atoms with Crippen LogP contribution in [0.5, 0.6) is 0 Å². The number of benzene rings is 1. The van der Waals surface area contributed by atoms with E-state index in [9.17, 15) is 4.79 Å². The normalized spacial score (nSPS) is 10.2. The largest absolute Gasteiger partial charge is 0.366 e. The van der Waals surface area contributed by atoms with Gasteiger partial charge in [0.1, 0.15) is 5.82 Å². The fraction of sp³-hybridized carbons (Fsp3) is 0.250. The maximum absolute atomic E-state index is 11.7. The number of pyridine rings is 1. The van der Waals surface area contributed by atoms with Gasteiger partial charge in [-0.2, -0.15) is 0 Å². The summed E-state index contributed by atoms with van der Waals surface area (Å²) in [6.07, 6.45) is 0.513. The van der Waals surface area contributed by atoms with Crippen molar-refractivity contribution in [3.05, 3.63) is 59.3 Å². The van der Waals surface area contributed by atoms with Crippen molar-refractivity contribution >= 4 is 11.6 Å². The fourth-order valence-electron chi connectivity index (χ4n) is 1.93. The van der Waals surface area contributed by atoms with E-state index in [0.717, 1.165) is 18.1 Å². The van der Waals surface area contributed by atoms with Crippen molar-refractivity contribution in [3.63, 3.8) is 0 Å². The highest BCUT2D eigenvalue weighted by Crippen LogP contribution is 2.13. The van der Waals surface area contributed by atoms with Crippen LogP contribution in [0, 0.1) is 6.92 Å². The van der Waals surface area contributed by atoms with Crippen LogP contribution in [0.3, 0.4) is 0 Å². The van der Waals surface area contributed by atoms with Crippen LogP contribution in [0.4, 0.5) is 5.82 Å². The Hall–Kier alpha value is -2.16. The third kappa shape index (κ3) is 3.41. The number of hydrogen-bond donors (Lipinski definition) is 1. The summed E-state index contributed by atoms with van der Waals surface area (Å²) >= 11 is 0. The Kier molecular flexibility index (Phi) is 4.29. The standard InChI is InChI=1S/C16H18N2O/c1-3-15(19)14-9-10-16(18-12(14)2)17-11-13-7-5-4-6-8-13/h4-10H,3,11H2,1-2H3,(H,17,18). The van der Waals surface area contributed by atoms with Crippen LogP contribution in [0.1, 0.15) is 35.0 Å². The number of ketones is 1. The Morgan fingerprint density at radius 2 is 1.89 bits per heavy atom. The van der Waals surface area contributed by atoms with E-state index in [1.165, 1.54) is 5.56 Å². The molecule has 0 spiro atoms. The SMILES string of the molecule is CCC(=O)c1ccc(NCc2ccccc2)nc1C. The van der Waals surface area contributed by atoms with Crippen molar-refractivity contribution < 1.29 is 4.79 Å². The highest BCUT2D eigenvalue weighted by molar-refractivity contribution is 5.96. The number of rotatable bonds is 5. The molecule has 0 fully saturated rings. The van der Waals surface area contributed by atoms with Crippen LogP contribution in [0.15, 0.2) is 42.5 Å². The second-order valence-electron chi connectivity index (χ2n) is 4.45. The zero-order chi connectivity index (χ0) is 13.7. The number of aryl methyl sites for hydroxylation is 1. The van der Waals surface area contributed by atoms with Gasteiger partial charge in [0.15, 0.2) is 5.78 Å². The summed E-state index contributed by atoms with van der Waals surface area (Å²) in [5.41, 5.74) is 2.70. The van der Waals surface area contributed by atoms with E-state index >= 15 is 0 Å². The first kappa shape index (κ1) is 13.3. The lowest BCUT2D eigenvalue weighted by atomic mass is 10.1. The molecule has 0 aliphatic heterocycles. The van der Waals surface area contributed by atoms with E-state index in [1.807, 2.05) is 44.2 Å². The second kappa shape index (κ2) is 6.14. The molecule has 1 aromatic heterocycles. The lowest BCUT2D eigenvalue weighted by Crippen LogP contribution is -2.06. The van der Waals surface area contributed by atoms with E-state index in [2.05, 4.69) is 22.4 Å². The van der Waals surface area contributed by atoms with Crippen molar-refractivity contribution in [2.75, 3.05) is 5.32 Å². The third-order valence-corrected chi connectivity index (χ3v) is 3.02. The predicted molar refractivity (Wildman–Crippen MR) is 77.4 cm³/mol. The Balaban J connectivity index is 2.06. The molecule has 0 radical (unpaired) electrons. The molecule has 1 heterocycles. The molecule has 3 nitrogen and oxygen atoms in total. The zero-order valence-electron chi connectivity index (χ0n) is 11.3. The minimum atomic E-state index is 0.139. The summed E-state index contributed by atoms with van der Waals surface area (Å²) in [6.45, 7) is 4.47. The topological polar surface area (TPSA) is 42.0 Å². The summed E-state index contributed by atoms with van der Waals surface area (Å²) < 4.78 is 0. The van der Waals surface area contributed by atoms with Gasteiger partial charge in [-0.05, 0) is 24.6 Å². The Bertz CT molecular complexity index is 564. The molecule has 0 bridgehead atoms. The highest BCUT2D eigenvalue weighted by atomic mass is 16.1. The number of carbonyl (C=O) groups is 1. The van der Waals surface area contributed by atoms with Gasteiger partial charge in [-0.1, -0.05) is 37.3 Å². The van der Waals surface area contributed by atoms with Crippen LogP contribution < -0.4 is 5.32 Å². The highest BCUT2D eigenvalue weighted by Gasteiger charge is 2.08. The minimum Gasteiger partial charge on any atom is -0.366 e. The molecule has 0 unspecified atom stereocenters. The lowest BCUT2D eigenvalue weighted by Gasteiger charge is -2.08. The monoisotopic (exact) mass is 254 g/mol. The van der Waals surface area contributed by atoms with Crippen LogP contribution in [0.2, 0.25) is 0 Å². The number of Topliss-reactive ketones (excluding diaryl/α,β-unsaturated/α-hetero) is 1. The van der Waals surface area contributed by atoms with Gasteiger partial charge in [-0.15, -0.1) is 0 Å². The summed E-state index contributed by atoms with van der Waals surface area (Å²) in [7, 11) is 0. The van der Waals surface area contributed by atoms with Crippen molar-refractivity contribution in [2.45, 2.75) is 26.8 Å².